The molecule has 1 aliphatic heterocycles. The third kappa shape index (κ3) is 2.90. The highest BCUT2D eigenvalue weighted by molar-refractivity contribution is 6.14. The molecule has 2 nitrogen and oxygen atoms in total. The van der Waals surface area contributed by atoms with Crippen LogP contribution in [0.5, 0.6) is 11.5 Å². The first-order chi connectivity index (χ1) is 15.7. The van der Waals surface area contributed by atoms with Crippen LogP contribution in [0.1, 0.15) is 37.5 Å². The molecular weight excluding hydrogens is 402 g/mol. The number of fused-ring (bicyclic) bond motifs is 5. The Morgan fingerprint density at radius 1 is 0.818 bits per heavy atom. The van der Waals surface area contributed by atoms with Gasteiger partial charge in [0.05, 0.1) is 10.9 Å². The number of hydrogen-bond acceptors (Lipinski definition) is 1. The minimum atomic E-state index is 0.138. The molecule has 0 amide bonds. The summed E-state index contributed by atoms with van der Waals surface area (Å²) in [5, 5.41) is 7.52. The Balaban J connectivity index is 1.85. The third-order valence-corrected chi connectivity index (χ3v) is 7.13. The average Bonchev–Trinajstić information content (AvgIpc) is 2.78. The Labute approximate surface area is 195 Å². The molecule has 0 fully saturated rings. The molecule has 1 aromatic heterocycles. The van der Waals surface area contributed by atoms with E-state index in [-0.39, 0.29) is 5.41 Å². The molecule has 6 rings (SSSR count). The van der Waals surface area contributed by atoms with Crippen molar-refractivity contribution in [1.29, 1.82) is 0 Å². The highest BCUT2D eigenvalue weighted by Crippen LogP contribution is 2.53. The predicted octanol–water partition coefficient (Wildman–Crippen LogP) is 7.95. The monoisotopic (exact) mass is 432 g/mol. The van der Waals surface area contributed by atoms with Crippen LogP contribution in [-0.4, -0.2) is 0 Å². The second-order valence-corrected chi connectivity index (χ2v) is 10.8. The lowest BCUT2D eigenvalue weighted by Gasteiger charge is -2.28. The van der Waals surface area contributed by atoms with Crippen molar-refractivity contribution in [3.63, 3.8) is 0 Å². The summed E-state index contributed by atoms with van der Waals surface area (Å²) in [7, 11) is 2.16. The number of ether oxygens (including phenoxy) is 1. The van der Waals surface area contributed by atoms with Crippen LogP contribution in [0.25, 0.3) is 43.6 Å². The maximum atomic E-state index is 7.03. The summed E-state index contributed by atoms with van der Waals surface area (Å²) in [6.45, 7) is 11.4. The van der Waals surface area contributed by atoms with Gasteiger partial charge in [0.1, 0.15) is 18.5 Å². The summed E-state index contributed by atoms with van der Waals surface area (Å²) in [4.78, 5) is 0. The molecule has 0 spiro atoms. The molecule has 0 saturated carbocycles. The van der Waals surface area contributed by atoms with Gasteiger partial charge in [-0.2, -0.15) is 0 Å². The number of pyridine rings is 1. The molecule has 0 bridgehead atoms. The summed E-state index contributed by atoms with van der Waals surface area (Å²) in [5.41, 5.74) is 6.51. The number of nitrogens with zero attached hydrogens (tertiary/aromatic N) is 1. The van der Waals surface area contributed by atoms with E-state index in [0.717, 1.165) is 17.9 Å². The van der Waals surface area contributed by atoms with E-state index in [1.165, 1.54) is 60.3 Å². The standard InChI is InChI=1S/C31H30NO/c1-18-10-9-13-23-24(18)16-20-14-15-32(6)28-26-19(2)21-11-7-8-12-22(21)25(17-31(3,4)5)30(26)33-29(23)27(20)28/h7-16H,17H2,1-6H3/q+1. The minimum Gasteiger partial charge on any atom is -0.455 e. The van der Waals surface area contributed by atoms with Gasteiger partial charge in [-0.05, 0) is 64.4 Å². The number of aromatic nitrogens is 1. The van der Waals surface area contributed by atoms with Gasteiger partial charge >= 0.3 is 0 Å². The maximum absolute atomic E-state index is 7.03. The average molecular weight is 433 g/mol. The van der Waals surface area contributed by atoms with E-state index in [0.29, 0.717) is 0 Å². The molecule has 164 valence electrons. The van der Waals surface area contributed by atoms with Gasteiger partial charge in [0.25, 0.3) is 0 Å². The van der Waals surface area contributed by atoms with Gasteiger partial charge in [0.2, 0.25) is 5.69 Å². The zero-order valence-corrected chi connectivity index (χ0v) is 20.3. The topological polar surface area (TPSA) is 13.1 Å². The first kappa shape index (κ1) is 20.2. The van der Waals surface area contributed by atoms with Crippen molar-refractivity contribution in [2.45, 2.75) is 41.0 Å². The fraction of sp³-hybridized carbons (Fsp3) is 0.258. The molecule has 0 aliphatic carbocycles. The number of benzene rings is 4. The van der Waals surface area contributed by atoms with Crippen molar-refractivity contribution in [2.24, 2.45) is 12.5 Å². The lowest BCUT2D eigenvalue weighted by molar-refractivity contribution is -0.659. The SMILES string of the molecule is Cc1cccc2c3c4c([n+](C)ccc4cc12)-c1c(c(CC(C)(C)C)c2ccccc2c1C)O3. The highest BCUT2D eigenvalue weighted by atomic mass is 16.5. The van der Waals surface area contributed by atoms with E-state index in [2.05, 4.69) is 107 Å². The van der Waals surface area contributed by atoms with Crippen molar-refractivity contribution in [1.82, 2.24) is 0 Å². The van der Waals surface area contributed by atoms with Crippen LogP contribution in [0, 0.1) is 19.3 Å². The maximum Gasteiger partial charge on any atom is 0.228 e. The van der Waals surface area contributed by atoms with Crippen molar-refractivity contribution >= 4 is 32.3 Å². The third-order valence-electron chi connectivity index (χ3n) is 7.13. The van der Waals surface area contributed by atoms with Gasteiger partial charge in [-0.25, -0.2) is 4.57 Å². The van der Waals surface area contributed by atoms with E-state index in [9.17, 15) is 0 Å². The lowest BCUT2D eigenvalue weighted by atomic mass is 9.81. The number of rotatable bonds is 1. The van der Waals surface area contributed by atoms with Crippen molar-refractivity contribution in [2.75, 3.05) is 0 Å². The second kappa shape index (κ2) is 6.81. The molecule has 5 aromatic rings. The van der Waals surface area contributed by atoms with Gasteiger partial charge < -0.3 is 4.74 Å². The Bertz CT molecular complexity index is 1620. The molecule has 0 atom stereocenters. The minimum absolute atomic E-state index is 0.138. The van der Waals surface area contributed by atoms with Crippen LogP contribution in [0.4, 0.5) is 0 Å². The van der Waals surface area contributed by atoms with Gasteiger partial charge in [0.15, 0.2) is 6.20 Å². The van der Waals surface area contributed by atoms with Crippen LogP contribution in [0.3, 0.4) is 0 Å². The molecule has 1 aliphatic rings. The van der Waals surface area contributed by atoms with Crippen molar-refractivity contribution < 1.29 is 9.30 Å². The Morgan fingerprint density at radius 3 is 2.30 bits per heavy atom. The van der Waals surface area contributed by atoms with Crippen LogP contribution < -0.4 is 9.30 Å². The van der Waals surface area contributed by atoms with Crippen LogP contribution in [0.15, 0.2) is 60.8 Å². The van der Waals surface area contributed by atoms with Crippen molar-refractivity contribution in [3.8, 4) is 22.8 Å². The normalized spacial score (nSPS) is 12.9. The summed E-state index contributed by atoms with van der Waals surface area (Å²) < 4.78 is 9.30. The molecule has 0 N–H and O–H groups in total. The van der Waals surface area contributed by atoms with E-state index < -0.39 is 0 Å². The number of aryl methyl sites for hydroxylation is 3. The van der Waals surface area contributed by atoms with Crippen LogP contribution in [-0.2, 0) is 13.5 Å². The first-order valence-corrected chi connectivity index (χ1v) is 11.8. The summed E-state index contributed by atoms with van der Waals surface area (Å²) in [5.74, 6) is 2.03. The quantitative estimate of drug-likeness (QED) is 0.190. The summed E-state index contributed by atoms with van der Waals surface area (Å²) in [6, 6.07) is 19.9. The van der Waals surface area contributed by atoms with Gasteiger partial charge in [-0.15, -0.1) is 0 Å². The molecule has 4 aromatic carbocycles. The fourth-order valence-electron chi connectivity index (χ4n) is 5.65. The molecule has 2 heterocycles. The van der Waals surface area contributed by atoms with Crippen molar-refractivity contribution in [3.05, 3.63) is 77.5 Å². The zero-order chi connectivity index (χ0) is 23.1. The molecule has 0 unspecified atom stereocenters. The summed E-state index contributed by atoms with van der Waals surface area (Å²) >= 11 is 0. The second-order valence-electron chi connectivity index (χ2n) is 10.8. The fourth-order valence-corrected chi connectivity index (χ4v) is 5.65. The molecule has 0 radical (unpaired) electrons. The Morgan fingerprint density at radius 2 is 1.55 bits per heavy atom. The number of hydrogen-bond donors (Lipinski definition) is 0. The van der Waals surface area contributed by atoms with Gasteiger partial charge in [0, 0.05) is 17.0 Å². The van der Waals surface area contributed by atoms with Crippen LogP contribution >= 0.6 is 0 Å². The van der Waals surface area contributed by atoms with E-state index >= 15 is 0 Å². The lowest BCUT2D eigenvalue weighted by Crippen LogP contribution is -2.32. The zero-order valence-electron chi connectivity index (χ0n) is 20.3. The Kier molecular flexibility index (Phi) is 4.17. The molecule has 0 saturated heterocycles. The van der Waals surface area contributed by atoms with Gasteiger partial charge in [-0.3, -0.25) is 0 Å². The van der Waals surface area contributed by atoms with Gasteiger partial charge in [-0.1, -0.05) is 63.2 Å². The largest absolute Gasteiger partial charge is 0.455 e. The van der Waals surface area contributed by atoms with E-state index in [4.69, 9.17) is 4.74 Å². The molecular formula is C31H30NO+. The Hall–Kier alpha value is -3.39. The van der Waals surface area contributed by atoms with E-state index in [1.54, 1.807) is 0 Å². The summed E-state index contributed by atoms with van der Waals surface area (Å²) in [6.07, 6.45) is 3.15. The predicted molar refractivity (Wildman–Crippen MR) is 138 cm³/mol. The molecule has 2 heteroatoms. The first-order valence-electron chi connectivity index (χ1n) is 11.8. The van der Waals surface area contributed by atoms with Crippen LogP contribution in [0.2, 0.25) is 0 Å². The molecule has 33 heavy (non-hydrogen) atoms. The van der Waals surface area contributed by atoms with E-state index in [1.807, 2.05) is 0 Å². The highest BCUT2D eigenvalue weighted by Gasteiger charge is 2.34. The smallest absolute Gasteiger partial charge is 0.228 e.